The van der Waals surface area contributed by atoms with Crippen molar-refractivity contribution in [3.63, 3.8) is 0 Å². The molecule has 0 atom stereocenters. The van der Waals surface area contributed by atoms with E-state index in [1.807, 2.05) is 0 Å². The molecule has 78 heavy (non-hydrogen) atoms. The first-order valence-electron chi connectivity index (χ1n) is 23.1. The van der Waals surface area contributed by atoms with Crippen molar-refractivity contribution in [2.45, 2.75) is 58.7 Å². The summed E-state index contributed by atoms with van der Waals surface area (Å²) in [5, 5.41) is 17.4. The number of alkyl halides is 12. The number of benzene rings is 4. The van der Waals surface area contributed by atoms with E-state index in [1.54, 1.807) is 55.5 Å². The number of hydrogen-bond donors (Lipinski definition) is 4. The lowest BCUT2D eigenvalue weighted by atomic mass is 10.0. The molecule has 0 radical (unpaired) electrons. The summed E-state index contributed by atoms with van der Waals surface area (Å²) in [4.78, 5) is 32.3. The van der Waals surface area contributed by atoms with Crippen LogP contribution in [0, 0.1) is 13.8 Å². The molecule has 0 unspecified atom stereocenters. The molecule has 1 amide bonds. The van der Waals surface area contributed by atoms with E-state index in [2.05, 4.69) is 35.4 Å². The maximum atomic E-state index is 12.8. The van der Waals surface area contributed by atoms with Crippen molar-refractivity contribution in [2.75, 3.05) is 30.3 Å². The first-order valence-corrected chi connectivity index (χ1v) is 23.1. The van der Waals surface area contributed by atoms with Crippen LogP contribution in [0.15, 0.2) is 122 Å². The Morgan fingerprint density at radius 1 is 0.551 bits per heavy atom. The van der Waals surface area contributed by atoms with Gasteiger partial charge in [0.1, 0.15) is 34.5 Å². The molecule has 0 bridgehead atoms. The van der Waals surface area contributed by atoms with Gasteiger partial charge in [-0.1, -0.05) is 24.3 Å². The molecule has 412 valence electrons. The minimum absolute atomic E-state index is 0.00569. The van der Waals surface area contributed by atoms with Gasteiger partial charge in [-0.2, -0.15) is 26.3 Å². The number of aryl methyl sites for hydroxylation is 2. The summed E-state index contributed by atoms with van der Waals surface area (Å²) >= 11 is 0. The monoisotopic (exact) mass is 1110 g/mol. The lowest BCUT2D eigenvalue weighted by Gasteiger charge is -2.15. The number of ether oxygens (including phenoxy) is 4. The van der Waals surface area contributed by atoms with Crippen molar-refractivity contribution in [1.29, 1.82) is 0 Å². The van der Waals surface area contributed by atoms with Gasteiger partial charge in [0.25, 0.3) is 5.91 Å². The molecule has 26 heteroatoms. The van der Waals surface area contributed by atoms with Crippen molar-refractivity contribution in [3.05, 3.63) is 144 Å². The lowest BCUT2D eigenvalue weighted by molar-refractivity contribution is -0.275. The highest BCUT2D eigenvalue weighted by Crippen LogP contribution is 2.37. The third-order valence-corrected chi connectivity index (χ3v) is 11.0. The second-order valence-corrected chi connectivity index (χ2v) is 16.9. The summed E-state index contributed by atoms with van der Waals surface area (Å²) in [5.74, 6) is -2.17. The van der Waals surface area contributed by atoms with Crippen LogP contribution in [-0.2, 0) is 0 Å². The van der Waals surface area contributed by atoms with Crippen molar-refractivity contribution < 1.29 is 86.3 Å². The number of carboxylic acids is 1. The average molecular weight is 1110 g/mol. The van der Waals surface area contributed by atoms with Crippen LogP contribution in [-0.4, -0.2) is 80.5 Å². The zero-order valence-electron chi connectivity index (χ0n) is 40.8. The highest BCUT2D eigenvalue weighted by atomic mass is 19.4. The molecule has 4 aromatic heterocycles. The van der Waals surface area contributed by atoms with Crippen LogP contribution in [0.25, 0.3) is 33.8 Å². The number of fused-ring (bicyclic) bond motifs is 2. The standard InChI is InChI=1S/C27H24F6N4O3.C25H19F6N3O4/c1-3-34-25(38)21-8-7-17(11-16(21)2)23-14-36-24-22(35-10-9-26(28,29)30)13-20(15-37(23)24)39-18-5-4-6-19(12-18)40-27(31,32)33;1-14-9-15(5-6-19(14)23(35)36)21-12-33-22-20(32-8-7-24(26,27)28)11-18(13-34(21)22)37-16-3-2-4-17(10-16)38-25(29,30)31/h4-8,11-15,35H,3,9-10H2,1-2H3,(H,34,38);2-6,9-13,32H,7-8H2,1H3,(H,35,36). The van der Waals surface area contributed by atoms with Gasteiger partial charge in [-0.25, -0.2) is 14.8 Å². The van der Waals surface area contributed by atoms with Gasteiger partial charge in [0.05, 0.1) is 66.0 Å². The maximum absolute atomic E-state index is 12.8. The van der Waals surface area contributed by atoms with Crippen LogP contribution >= 0.6 is 0 Å². The molecule has 0 aliphatic rings. The van der Waals surface area contributed by atoms with Crippen molar-refractivity contribution in [2.24, 2.45) is 0 Å². The van der Waals surface area contributed by atoms with Gasteiger partial charge in [-0.15, -0.1) is 26.3 Å². The highest BCUT2D eigenvalue weighted by Gasteiger charge is 2.33. The number of pyridine rings is 2. The molecule has 14 nitrogen and oxygen atoms in total. The van der Waals surface area contributed by atoms with E-state index in [4.69, 9.17) is 9.47 Å². The number of nitrogens with one attached hydrogen (secondary N) is 3. The van der Waals surface area contributed by atoms with E-state index in [1.165, 1.54) is 71.7 Å². The second kappa shape index (κ2) is 23.2. The third kappa shape index (κ3) is 15.4. The fraction of sp³-hybridized carbons (Fsp3) is 0.231. The Morgan fingerprint density at radius 2 is 0.962 bits per heavy atom. The lowest BCUT2D eigenvalue weighted by Crippen LogP contribution is -2.23. The number of carbonyl (C=O) groups excluding carboxylic acids is 1. The summed E-state index contributed by atoms with van der Waals surface area (Å²) in [6.07, 6.45) is -14.9. The number of aromatic nitrogens is 4. The predicted molar refractivity (Wildman–Crippen MR) is 260 cm³/mol. The number of hydrogen-bond acceptors (Lipinski definition) is 10. The molecule has 4 N–H and O–H groups in total. The van der Waals surface area contributed by atoms with Crippen LogP contribution in [0.5, 0.6) is 34.5 Å². The number of anilines is 2. The molecular weight excluding hydrogens is 1060 g/mol. The molecule has 0 saturated carbocycles. The van der Waals surface area contributed by atoms with Crippen LogP contribution in [0.2, 0.25) is 0 Å². The summed E-state index contributed by atoms with van der Waals surface area (Å²) < 4.78 is 175. The smallest absolute Gasteiger partial charge is 0.478 e. The number of carbonyl (C=O) groups is 2. The quantitative estimate of drug-likeness (QED) is 0.0642. The van der Waals surface area contributed by atoms with E-state index in [0.717, 1.165) is 24.3 Å². The van der Waals surface area contributed by atoms with Crippen LogP contribution in [0.3, 0.4) is 0 Å². The largest absolute Gasteiger partial charge is 0.573 e. The summed E-state index contributed by atoms with van der Waals surface area (Å²) in [5.41, 5.74) is 4.94. The van der Waals surface area contributed by atoms with E-state index < -0.39 is 68.5 Å². The molecule has 4 heterocycles. The molecule has 0 aliphatic heterocycles. The Kier molecular flexibility index (Phi) is 16.9. The van der Waals surface area contributed by atoms with Crippen LogP contribution in [0.1, 0.15) is 51.6 Å². The number of amides is 1. The van der Waals surface area contributed by atoms with Crippen molar-refractivity contribution >= 4 is 34.5 Å². The molecule has 0 saturated heterocycles. The Bertz CT molecular complexity index is 3450. The molecule has 4 aromatic carbocycles. The molecule has 8 aromatic rings. The molecule has 0 spiro atoms. The van der Waals surface area contributed by atoms with Gasteiger partial charge in [0.15, 0.2) is 11.3 Å². The van der Waals surface area contributed by atoms with Gasteiger partial charge in [-0.05, 0) is 80.4 Å². The van der Waals surface area contributed by atoms with Gasteiger partial charge >= 0.3 is 31.0 Å². The van der Waals surface area contributed by atoms with Crippen LogP contribution in [0.4, 0.5) is 64.1 Å². The van der Waals surface area contributed by atoms with E-state index >= 15 is 0 Å². The number of nitrogens with zero attached hydrogens (tertiary/aromatic N) is 4. The maximum Gasteiger partial charge on any atom is 0.573 e. The first kappa shape index (κ1) is 56.9. The Balaban J connectivity index is 0.000000226. The fourth-order valence-electron chi connectivity index (χ4n) is 7.74. The number of halogens is 12. The number of imidazole rings is 2. The minimum Gasteiger partial charge on any atom is -0.478 e. The van der Waals surface area contributed by atoms with Crippen molar-refractivity contribution in [3.8, 4) is 57.0 Å². The molecule has 0 fully saturated rings. The summed E-state index contributed by atoms with van der Waals surface area (Å²) in [6.45, 7) is 4.74. The number of aromatic carboxylic acids is 1. The van der Waals surface area contributed by atoms with E-state index in [9.17, 15) is 67.4 Å². The van der Waals surface area contributed by atoms with Gasteiger partial charge in [0, 0.05) is 60.6 Å². The van der Waals surface area contributed by atoms with E-state index in [0.29, 0.717) is 51.4 Å². The summed E-state index contributed by atoms with van der Waals surface area (Å²) in [6, 6.07) is 22.1. The average Bonchev–Trinajstić information content (AvgIpc) is 4.05. The Morgan fingerprint density at radius 3 is 1.33 bits per heavy atom. The fourth-order valence-corrected chi connectivity index (χ4v) is 7.74. The van der Waals surface area contributed by atoms with Gasteiger partial charge in [0.2, 0.25) is 0 Å². The zero-order chi connectivity index (χ0) is 56.7. The molecule has 0 aliphatic carbocycles. The topological polar surface area (TPSA) is 162 Å². The Labute approximate surface area is 434 Å². The SMILES string of the molecule is CCNC(=O)c1ccc(-c2cnc3c(NCCC(F)(F)F)cc(Oc4cccc(OC(F)(F)F)c4)cn23)cc1C.Cc1cc(-c2cnc3c(NCCC(F)(F)F)cc(Oc4cccc(OC(F)(F)F)c4)cn23)ccc1C(=O)O. The predicted octanol–water partition coefficient (Wildman–Crippen LogP) is 14.2. The van der Waals surface area contributed by atoms with Crippen LogP contribution < -0.4 is 34.9 Å². The Hall–Kier alpha value is -8.84. The third-order valence-electron chi connectivity index (χ3n) is 11.0. The minimum atomic E-state index is -4.91. The van der Waals surface area contributed by atoms with E-state index in [-0.39, 0.29) is 51.5 Å². The summed E-state index contributed by atoms with van der Waals surface area (Å²) in [7, 11) is 0. The second-order valence-electron chi connectivity index (χ2n) is 16.9. The van der Waals surface area contributed by atoms with Crippen molar-refractivity contribution in [1.82, 2.24) is 24.1 Å². The first-order chi connectivity index (χ1) is 36.6. The highest BCUT2D eigenvalue weighted by molar-refractivity contribution is 5.96. The number of carboxylic acid groups (broad SMARTS) is 1. The molecular formula is C52H43F12N7O7. The molecule has 8 rings (SSSR count). The van der Waals surface area contributed by atoms with Gasteiger partial charge in [-0.3, -0.25) is 13.6 Å². The number of rotatable bonds is 17. The van der Waals surface area contributed by atoms with Gasteiger partial charge < -0.3 is 40.0 Å². The normalized spacial score (nSPS) is 11.9. The zero-order valence-corrected chi connectivity index (χ0v) is 40.8.